The average molecular weight is 305 g/mol. The molecule has 0 atom stereocenters. The second kappa shape index (κ2) is 6.49. The Morgan fingerprint density at radius 1 is 1.19 bits per heavy atom. The number of ether oxygens (including phenoxy) is 1. The van der Waals surface area contributed by atoms with Gasteiger partial charge in [-0.15, -0.1) is 0 Å². The largest absolute Gasteiger partial charge is 0.462 e. The number of carbonyl (C=O) groups excluding carboxylic acids is 2. The zero-order valence-corrected chi connectivity index (χ0v) is 12.6. The van der Waals surface area contributed by atoms with Gasteiger partial charge in [-0.1, -0.05) is 23.5 Å². The fraction of sp³-hybridized carbons (Fsp3) is 0.267. The highest BCUT2D eigenvalue weighted by Gasteiger charge is 2.12. The Labute approximate surface area is 125 Å². The molecule has 0 bridgehead atoms. The molecule has 0 spiro atoms. The number of rotatable bonds is 5. The average Bonchev–Trinajstić information content (AvgIpc) is 2.79. The van der Waals surface area contributed by atoms with Crippen LogP contribution in [0.3, 0.4) is 0 Å². The number of benzene rings is 1. The quantitative estimate of drug-likeness (QED) is 0.628. The molecule has 5 nitrogen and oxygen atoms in total. The molecule has 2 aromatic rings. The van der Waals surface area contributed by atoms with Gasteiger partial charge in [0.05, 0.1) is 18.7 Å². The second-order valence-electron chi connectivity index (χ2n) is 4.45. The van der Waals surface area contributed by atoms with Crippen LogP contribution in [0.2, 0.25) is 0 Å². The van der Waals surface area contributed by atoms with Crippen molar-refractivity contribution in [2.24, 2.45) is 0 Å². The van der Waals surface area contributed by atoms with E-state index in [-0.39, 0.29) is 17.2 Å². The standard InChI is InChI=1S/C15H15NO4S/c1-3-20-14(18)12-6-4-11(5-7-12)13(17)8-16-10(2)9-21-15(16)19/h4-7,9H,3,8H2,1-2H3. The van der Waals surface area contributed by atoms with E-state index in [1.165, 1.54) is 4.57 Å². The van der Waals surface area contributed by atoms with Crippen LogP contribution in [0.1, 0.15) is 33.3 Å². The zero-order chi connectivity index (χ0) is 15.4. The molecule has 6 heteroatoms. The Kier molecular flexibility index (Phi) is 4.70. The molecule has 21 heavy (non-hydrogen) atoms. The van der Waals surface area contributed by atoms with Crippen LogP contribution in [0.5, 0.6) is 0 Å². The number of ketones is 1. The van der Waals surface area contributed by atoms with E-state index in [9.17, 15) is 14.4 Å². The van der Waals surface area contributed by atoms with Crippen molar-refractivity contribution in [2.45, 2.75) is 20.4 Å². The fourth-order valence-corrected chi connectivity index (χ4v) is 2.57. The number of esters is 1. The molecule has 110 valence electrons. The summed E-state index contributed by atoms with van der Waals surface area (Å²) in [6.07, 6.45) is 0. The third-order valence-electron chi connectivity index (χ3n) is 3.00. The Hall–Kier alpha value is -2.21. The van der Waals surface area contributed by atoms with E-state index in [0.717, 1.165) is 17.0 Å². The van der Waals surface area contributed by atoms with E-state index >= 15 is 0 Å². The van der Waals surface area contributed by atoms with Gasteiger partial charge in [0.25, 0.3) is 0 Å². The lowest BCUT2D eigenvalue weighted by Gasteiger charge is -2.05. The molecule has 1 heterocycles. The smallest absolute Gasteiger partial charge is 0.338 e. The molecular formula is C15H15NO4S. The second-order valence-corrected chi connectivity index (χ2v) is 5.27. The summed E-state index contributed by atoms with van der Waals surface area (Å²) >= 11 is 1.07. The summed E-state index contributed by atoms with van der Waals surface area (Å²) < 4.78 is 6.31. The Bertz CT molecular complexity index is 712. The monoisotopic (exact) mass is 305 g/mol. The molecule has 0 amide bonds. The molecule has 0 aliphatic carbocycles. The van der Waals surface area contributed by atoms with Gasteiger partial charge in [0.15, 0.2) is 5.78 Å². The van der Waals surface area contributed by atoms with E-state index < -0.39 is 5.97 Å². The van der Waals surface area contributed by atoms with Gasteiger partial charge in [-0.2, -0.15) is 0 Å². The molecule has 0 saturated carbocycles. The molecule has 0 unspecified atom stereocenters. The summed E-state index contributed by atoms with van der Waals surface area (Å²) in [4.78, 5) is 35.1. The first-order valence-electron chi connectivity index (χ1n) is 6.48. The van der Waals surface area contributed by atoms with Crippen LogP contribution in [-0.2, 0) is 11.3 Å². The zero-order valence-electron chi connectivity index (χ0n) is 11.8. The van der Waals surface area contributed by atoms with Crippen molar-refractivity contribution in [1.29, 1.82) is 0 Å². The first-order valence-corrected chi connectivity index (χ1v) is 7.36. The van der Waals surface area contributed by atoms with Gasteiger partial charge in [0.1, 0.15) is 0 Å². The maximum absolute atomic E-state index is 12.2. The molecule has 0 fully saturated rings. The van der Waals surface area contributed by atoms with Crippen molar-refractivity contribution in [1.82, 2.24) is 4.57 Å². The minimum Gasteiger partial charge on any atom is -0.462 e. The van der Waals surface area contributed by atoms with Crippen LogP contribution in [0.15, 0.2) is 34.4 Å². The van der Waals surface area contributed by atoms with Gasteiger partial charge < -0.3 is 4.74 Å². The first-order chi connectivity index (χ1) is 10.0. The van der Waals surface area contributed by atoms with Crippen LogP contribution >= 0.6 is 11.3 Å². The number of thiazole rings is 1. The fourth-order valence-electron chi connectivity index (χ4n) is 1.84. The summed E-state index contributed by atoms with van der Waals surface area (Å²) in [6.45, 7) is 3.83. The number of carbonyl (C=O) groups is 2. The van der Waals surface area contributed by atoms with Crippen molar-refractivity contribution in [3.63, 3.8) is 0 Å². The lowest BCUT2D eigenvalue weighted by molar-refractivity contribution is 0.0526. The summed E-state index contributed by atoms with van der Waals surface area (Å²) in [5.74, 6) is -0.588. The van der Waals surface area contributed by atoms with Crippen molar-refractivity contribution >= 4 is 23.1 Å². The van der Waals surface area contributed by atoms with Crippen molar-refractivity contribution in [3.8, 4) is 0 Å². The molecule has 2 rings (SSSR count). The predicted molar refractivity (Wildman–Crippen MR) is 80.0 cm³/mol. The third-order valence-corrected chi connectivity index (χ3v) is 3.88. The topological polar surface area (TPSA) is 65.4 Å². The SMILES string of the molecule is CCOC(=O)c1ccc(C(=O)Cn2c(C)csc2=O)cc1. The molecular weight excluding hydrogens is 290 g/mol. The van der Waals surface area contributed by atoms with Crippen molar-refractivity contribution in [3.05, 3.63) is 56.1 Å². The predicted octanol–water partition coefficient (Wildman–Crippen LogP) is 2.28. The minimum absolute atomic E-state index is 0.00686. The summed E-state index contributed by atoms with van der Waals surface area (Å²) in [5.41, 5.74) is 1.62. The van der Waals surface area contributed by atoms with E-state index in [0.29, 0.717) is 17.7 Å². The Morgan fingerprint density at radius 2 is 1.81 bits per heavy atom. The number of aryl methyl sites for hydroxylation is 1. The number of aromatic nitrogens is 1. The van der Waals surface area contributed by atoms with Crippen LogP contribution in [-0.4, -0.2) is 22.9 Å². The normalized spacial score (nSPS) is 10.4. The molecule has 0 aliphatic rings. The van der Waals surface area contributed by atoms with Gasteiger partial charge in [0.2, 0.25) is 0 Å². The summed E-state index contributed by atoms with van der Waals surface area (Å²) in [5, 5.41) is 1.72. The first kappa shape index (κ1) is 15.2. The third kappa shape index (κ3) is 3.46. The highest BCUT2D eigenvalue weighted by Crippen LogP contribution is 2.09. The van der Waals surface area contributed by atoms with Gasteiger partial charge >= 0.3 is 10.8 Å². The van der Waals surface area contributed by atoms with E-state index in [1.807, 2.05) is 0 Å². The van der Waals surface area contributed by atoms with E-state index in [1.54, 1.807) is 43.5 Å². The lowest BCUT2D eigenvalue weighted by Crippen LogP contribution is -2.20. The molecule has 0 aliphatic heterocycles. The van der Waals surface area contributed by atoms with Crippen molar-refractivity contribution < 1.29 is 14.3 Å². The van der Waals surface area contributed by atoms with Gasteiger partial charge in [-0.3, -0.25) is 14.2 Å². The van der Waals surface area contributed by atoms with E-state index in [2.05, 4.69) is 0 Å². The molecule has 0 N–H and O–H groups in total. The van der Waals surface area contributed by atoms with Crippen molar-refractivity contribution in [2.75, 3.05) is 6.61 Å². The molecule has 0 saturated heterocycles. The molecule has 1 aromatic heterocycles. The van der Waals surface area contributed by atoms with Gasteiger partial charge in [0, 0.05) is 16.6 Å². The maximum Gasteiger partial charge on any atom is 0.338 e. The number of nitrogens with zero attached hydrogens (tertiary/aromatic N) is 1. The molecule has 0 radical (unpaired) electrons. The van der Waals surface area contributed by atoms with E-state index in [4.69, 9.17) is 4.74 Å². The molecule has 1 aromatic carbocycles. The summed E-state index contributed by atoms with van der Waals surface area (Å²) in [6, 6.07) is 6.24. The van der Waals surface area contributed by atoms with Crippen LogP contribution in [0.25, 0.3) is 0 Å². The van der Waals surface area contributed by atoms with Crippen LogP contribution in [0.4, 0.5) is 0 Å². The van der Waals surface area contributed by atoms with Crippen LogP contribution < -0.4 is 4.87 Å². The lowest BCUT2D eigenvalue weighted by atomic mass is 10.1. The maximum atomic E-state index is 12.2. The van der Waals surface area contributed by atoms with Gasteiger partial charge in [-0.05, 0) is 26.0 Å². The number of hydrogen-bond donors (Lipinski definition) is 0. The van der Waals surface area contributed by atoms with Gasteiger partial charge in [-0.25, -0.2) is 4.79 Å². The summed E-state index contributed by atoms with van der Waals surface area (Å²) in [7, 11) is 0. The van der Waals surface area contributed by atoms with Crippen LogP contribution in [0, 0.1) is 6.92 Å². The minimum atomic E-state index is -0.415. The Morgan fingerprint density at radius 3 is 2.33 bits per heavy atom. The number of Topliss-reactive ketones (excluding diaryl/α,β-unsaturated/α-hetero) is 1. The highest BCUT2D eigenvalue weighted by molar-refractivity contribution is 7.07. The highest BCUT2D eigenvalue weighted by atomic mass is 32.1. The Balaban J connectivity index is 2.14. The number of hydrogen-bond acceptors (Lipinski definition) is 5.